The second-order valence-electron chi connectivity index (χ2n) is 7.27. The van der Waals surface area contributed by atoms with Crippen molar-refractivity contribution in [1.29, 1.82) is 0 Å². The van der Waals surface area contributed by atoms with Crippen LogP contribution in [0.15, 0.2) is 48.5 Å². The van der Waals surface area contributed by atoms with Gasteiger partial charge in [0.1, 0.15) is 10.8 Å². The lowest BCUT2D eigenvalue weighted by Gasteiger charge is -2.31. The summed E-state index contributed by atoms with van der Waals surface area (Å²) < 4.78 is 14.0. The SMILES string of the molecule is CC(=O)Nc1ccc(C(=O)N2CCC[C@H](c3nnc(-c4ccccc4F)s3)C2)cc1. The van der Waals surface area contributed by atoms with E-state index in [1.54, 1.807) is 42.5 Å². The summed E-state index contributed by atoms with van der Waals surface area (Å²) in [6.45, 7) is 2.68. The molecule has 1 fully saturated rings. The van der Waals surface area contributed by atoms with Crippen molar-refractivity contribution >= 4 is 28.8 Å². The number of hydrogen-bond acceptors (Lipinski definition) is 5. The Hall–Kier alpha value is -3.13. The number of amides is 2. The largest absolute Gasteiger partial charge is 0.338 e. The van der Waals surface area contributed by atoms with E-state index in [1.807, 2.05) is 4.90 Å². The summed E-state index contributed by atoms with van der Waals surface area (Å²) in [6, 6.07) is 13.4. The quantitative estimate of drug-likeness (QED) is 0.677. The predicted octanol–water partition coefficient (Wildman–Crippen LogP) is 4.32. The van der Waals surface area contributed by atoms with Crippen LogP contribution in [0.1, 0.15) is 41.0 Å². The minimum Gasteiger partial charge on any atom is -0.338 e. The van der Waals surface area contributed by atoms with E-state index in [2.05, 4.69) is 15.5 Å². The molecule has 1 aliphatic heterocycles. The first-order valence-electron chi connectivity index (χ1n) is 9.76. The average Bonchev–Trinajstić information content (AvgIpc) is 3.24. The maximum atomic E-state index is 14.0. The van der Waals surface area contributed by atoms with Gasteiger partial charge in [-0.3, -0.25) is 9.59 Å². The van der Waals surface area contributed by atoms with E-state index in [0.29, 0.717) is 34.9 Å². The minimum absolute atomic E-state index is 0.0482. The Bertz CT molecular complexity index is 1070. The van der Waals surface area contributed by atoms with E-state index in [1.165, 1.54) is 24.3 Å². The maximum absolute atomic E-state index is 14.0. The second-order valence-corrected chi connectivity index (χ2v) is 8.28. The van der Waals surface area contributed by atoms with E-state index in [0.717, 1.165) is 17.8 Å². The van der Waals surface area contributed by atoms with Crippen molar-refractivity contribution in [2.45, 2.75) is 25.7 Å². The molecule has 6 nitrogen and oxygen atoms in total. The van der Waals surface area contributed by atoms with Crippen LogP contribution in [0.25, 0.3) is 10.6 Å². The highest BCUT2D eigenvalue weighted by Crippen LogP contribution is 2.33. The van der Waals surface area contributed by atoms with Gasteiger partial charge in [-0.2, -0.15) is 0 Å². The number of carbonyl (C=O) groups excluding carboxylic acids is 2. The Morgan fingerprint density at radius 3 is 2.63 bits per heavy atom. The molecule has 1 atom stereocenters. The van der Waals surface area contributed by atoms with Gasteiger partial charge in [-0.05, 0) is 49.2 Å². The van der Waals surface area contributed by atoms with Gasteiger partial charge in [0.2, 0.25) is 5.91 Å². The number of aromatic nitrogens is 2. The molecule has 1 N–H and O–H groups in total. The van der Waals surface area contributed by atoms with Gasteiger partial charge in [0, 0.05) is 42.7 Å². The number of carbonyl (C=O) groups is 2. The zero-order valence-electron chi connectivity index (χ0n) is 16.5. The number of likely N-dealkylation sites (tertiary alicyclic amines) is 1. The van der Waals surface area contributed by atoms with Crippen molar-refractivity contribution in [3.8, 4) is 10.6 Å². The molecule has 154 valence electrons. The third-order valence-electron chi connectivity index (χ3n) is 5.05. The van der Waals surface area contributed by atoms with Crippen molar-refractivity contribution in [3.05, 3.63) is 64.9 Å². The topological polar surface area (TPSA) is 75.2 Å². The first-order chi connectivity index (χ1) is 14.5. The van der Waals surface area contributed by atoms with E-state index in [9.17, 15) is 14.0 Å². The van der Waals surface area contributed by atoms with Gasteiger partial charge in [0.15, 0.2) is 5.01 Å². The molecule has 4 rings (SSSR count). The summed E-state index contributed by atoms with van der Waals surface area (Å²) in [7, 11) is 0. The van der Waals surface area contributed by atoms with Crippen molar-refractivity contribution in [3.63, 3.8) is 0 Å². The predicted molar refractivity (Wildman–Crippen MR) is 114 cm³/mol. The lowest BCUT2D eigenvalue weighted by Crippen LogP contribution is -2.39. The van der Waals surface area contributed by atoms with Gasteiger partial charge >= 0.3 is 0 Å². The fourth-order valence-electron chi connectivity index (χ4n) is 3.59. The van der Waals surface area contributed by atoms with E-state index in [4.69, 9.17) is 0 Å². The standard InChI is InChI=1S/C22H21FN4O2S/c1-14(28)24-17-10-8-15(9-11-17)22(29)27-12-4-5-16(13-27)20-25-26-21(30-20)18-6-2-3-7-19(18)23/h2-3,6-11,16H,4-5,12-13H2,1H3,(H,24,28)/t16-/m0/s1. The summed E-state index contributed by atoms with van der Waals surface area (Å²) >= 11 is 1.38. The molecule has 0 bridgehead atoms. The van der Waals surface area contributed by atoms with E-state index >= 15 is 0 Å². The summed E-state index contributed by atoms with van der Waals surface area (Å²) in [5.41, 5.74) is 1.68. The fourth-order valence-corrected chi connectivity index (χ4v) is 4.58. The maximum Gasteiger partial charge on any atom is 0.253 e. The molecule has 0 radical (unpaired) electrons. The Labute approximate surface area is 177 Å². The molecule has 2 heterocycles. The smallest absolute Gasteiger partial charge is 0.253 e. The molecule has 1 saturated heterocycles. The number of piperidine rings is 1. The van der Waals surface area contributed by atoms with Gasteiger partial charge in [0.05, 0.1) is 0 Å². The van der Waals surface area contributed by atoms with Crippen LogP contribution in [0.5, 0.6) is 0 Å². The Kier molecular flexibility index (Phi) is 5.85. The molecule has 0 saturated carbocycles. The lowest BCUT2D eigenvalue weighted by atomic mass is 9.98. The lowest BCUT2D eigenvalue weighted by molar-refractivity contribution is -0.114. The van der Waals surface area contributed by atoms with Crippen LogP contribution in [0.2, 0.25) is 0 Å². The van der Waals surface area contributed by atoms with Gasteiger partial charge in [-0.1, -0.05) is 23.5 Å². The molecule has 2 amide bonds. The Morgan fingerprint density at radius 2 is 1.90 bits per heavy atom. The molecular formula is C22H21FN4O2S. The second kappa shape index (κ2) is 8.71. The number of benzene rings is 2. The monoisotopic (exact) mass is 424 g/mol. The van der Waals surface area contributed by atoms with Crippen LogP contribution in [0, 0.1) is 5.82 Å². The van der Waals surface area contributed by atoms with Crippen molar-refractivity contribution in [2.24, 2.45) is 0 Å². The Morgan fingerprint density at radius 1 is 1.13 bits per heavy atom. The van der Waals surface area contributed by atoms with Crippen molar-refractivity contribution in [2.75, 3.05) is 18.4 Å². The molecule has 3 aromatic rings. The number of nitrogens with zero attached hydrogens (tertiary/aromatic N) is 3. The molecular weight excluding hydrogens is 403 g/mol. The number of anilines is 1. The Balaban J connectivity index is 1.46. The third-order valence-corrected chi connectivity index (χ3v) is 6.17. The molecule has 0 aliphatic carbocycles. The molecule has 30 heavy (non-hydrogen) atoms. The average molecular weight is 425 g/mol. The van der Waals surface area contributed by atoms with Crippen LogP contribution in [-0.2, 0) is 4.79 Å². The van der Waals surface area contributed by atoms with Gasteiger partial charge in [-0.15, -0.1) is 10.2 Å². The number of hydrogen-bond donors (Lipinski definition) is 1. The molecule has 0 spiro atoms. The van der Waals surface area contributed by atoms with Crippen molar-refractivity contribution in [1.82, 2.24) is 15.1 Å². The molecule has 1 aromatic heterocycles. The minimum atomic E-state index is -0.316. The van der Waals surface area contributed by atoms with Crippen LogP contribution in [0.3, 0.4) is 0 Å². The molecule has 0 unspecified atom stereocenters. The highest BCUT2D eigenvalue weighted by Gasteiger charge is 2.28. The normalized spacial score (nSPS) is 16.3. The number of halogens is 1. The van der Waals surface area contributed by atoms with Crippen LogP contribution < -0.4 is 5.32 Å². The highest BCUT2D eigenvalue weighted by atomic mass is 32.1. The summed E-state index contributed by atoms with van der Waals surface area (Å²) in [6.07, 6.45) is 1.78. The van der Waals surface area contributed by atoms with Gasteiger partial charge < -0.3 is 10.2 Å². The zero-order valence-corrected chi connectivity index (χ0v) is 17.3. The van der Waals surface area contributed by atoms with E-state index < -0.39 is 0 Å². The van der Waals surface area contributed by atoms with Crippen LogP contribution >= 0.6 is 11.3 Å². The zero-order chi connectivity index (χ0) is 21.1. The summed E-state index contributed by atoms with van der Waals surface area (Å²) in [5.74, 6) is -0.435. The van der Waals surface area contributed by atoms with Gasteiger partial charge in [-0.25, -0.2) is 4.39 Å². The number of rotatable bonds is 4. The van der Waals surface area contributed by atoms with Crippen LogP contribution in [-0.4, -0.2) is 40.0 Å². The van der Waals surface area contributed by atoms with Crippen molar-refractivity contribution < 1.29 is 14.0 Å². The molecule has 8 heteroatoms. The number of nitrogens with one attached hydrogen (secondary N) is 1. The molecule has 2 aromatic carbocycles. The molecule has 1 aliphatic rings. The summed E-state index contributed by atoms with van der Waals surface area (Å²) in [4.78, 5) is 25.9. The van der Waals surface area contributed by atoms with Gasteiger partial charge in [0.25, 0.3) is 5.91 Å². The fraction of sp³-hybridized carbons (Fsp3) is 0.273. The first-order valence-corrected chi connectivity index (χ1v) is 10.6. The van der Waals surface area contributed by atoms with Crippen LogP contribution in [0.4, 0.5) is 10.1 Å². The van der Waals surface area contributed by atoms with E-state index in [-0.39, 0.29) is 23.5 Å². The summed E-state index contributed by atoms with van der Waals surface area (Å²) in [5, 5.41) is 12.5. The first kappa shape index (κ1) is 20.2. The third kappa shape index (κ3) is 4.38. The highest BCUT2D eigenvalue weighted by molar-refractivity contribution is 7.14.